The summed E-state index contributed by atoms with van der Waals surface area (Å²) >= 11 is 0. The Morgan fingerprint density at radius 3 is 1.11 bits per heavy atom. The van der Waals surface area contributed by atoms with Crippen LogP contribution in [0.2, 0.25) is 0 Å². The molecular weight excluding hydrogens is 552 g/mol. The number of para-hydroxylation sites is 2. The molecule has 0 spiro atoms. The molecule has 4 aliphatic rings. The number of benzene rings is 4. The number of fused-ring (bicyclic) bond motifs is 5. The second-order valence-electron chi connectivity index (χ2n) is 12.0. The maximum atomic E-state index is 14.5. The van der Waals surface area contributed by atoms with E-state index in [4.69, 9.17) is 0 Å². The van der Waals surface area contributed by atoms with Gasteiger partial charge in [0, 0.05) is 0 Å². The van der Waals surface area contributed by atoms with Gasteiger partial charge in [0.1, 0.15) is 12.1 Å². The molecule has 4 aromatic carbocycles. The third kappa shape index (κ3) is 3.52. The van der Waals surface area contributed by atoms with Gasteiger partial charge in [-0.25, -0.2) is 19.8 Å². The zero-order chi connectivity index (χ0) is 30.3. The van der Waals surface area contributed by atoms with E-state index in [2.05, 4.69) is 0 Å². The van der Waals surface area contributed by atoms with Crippen molar-refractivity contribution in [2.24, 2.45) is 11.8 Å². The van der Waals surface area contributed by atoms with Crippen LogP contribution >= 0.6 is 0 Å². The van der Waals surface area contributed by atoms with Crippen molar-refractivity contribution in [3.63, 3.8) is 0 Å². The molecule has 8 rings (SSSR count). The van der Waals surface area contributed by atoms with Gasteiger partial charge in [-0.05, 0) is 48.2 Å². The van der Waals surface area contributed by atoms with E-state index in [1.165, 1.54) is 9.80 Å². The molecular formula is C36H30N4O4. The lowest BCUT2D eigenvalue weighted by molar-refractivity contribution is -0.136. The average molecular weight is 583 g/mol. The fourth-order valence-corrected chi connectivity index (χ4v) is 7.90. The van der Waals surface area contributed by atoms with Gasteiger partial charge in [-0.2, -0.15) is 0 Å². The number of rotatable bonds is 4. The summed E-state index contributed by atoms with van der Waals surface area (Å²) in [7, 11) is 0. The predicted molar refractivity (Wildman–Crippen MR) is 164 cm³/mol. The molecule has 0 N–H and O–H groups in total. The lowest BCUT2D eigenvalue weighted by Gasteiger charge is -2.36. The highest BCUT2D eigenvalue weighted by atomic mass is 16.2. The van der Waals surface area contributed by atoms with Gasteiger partial charge in [0.05, 0.1) is 35.3 Å². The fourth-order valence-electron chi connectivity index (χ4n) is 7.90. The third-order valence-corrected chi connectivity index (χ3v) is 9.72. The summed E-state index contributed by atoms with van der Waals surface area (Å²) in [6.07, 6.45) is 0. The summed E-state index contributed by atoms with van der Waals surface area (Å²) in [5.41, 5.74) is 4.39. The van der Waals surface area contributed by atoms with Crippen LogP contribution < -0.4 is 9.80 Å². The molecule has 0 aliphatic carbocycles. The number of amides is 4. The van der Waals surface area contributed by atoms with E-state index in [9.17, 15) is 19.2 Å². The van der Waals surface area contributed by atoms with Gasteiger partial charge in [0.25, 0.3) is 11.8 Å². The van der Waals surface area contributed by atoms with E-state index in [0.29, 0.717) is 11.4 Å². The summed E-state index contributed by atoms with van der Waals surface area (Å²) in [6, 6.07) is 30.9. The van der Waals surface area contributed by atoms with E-state index in [-0.39, 0.29) is 23.6 Å². The van der Waals surface area contributed by atoms with Crippen LogP contribution in [0.25, 0.3) is 0 Å². The maximum Gasteiger partial charge on any atom is 0.253 e. The maximum absolute atomic E-state index is 14.5. The first-order valence-electron chi connectivity index (χ1n) is 14.9. The molecule has 0 aromatic heterocycles. The van der Waals surface area contributed by atoms with Crippen molar-refractivity contribution in [1.82, 2.24) is 10.0 Å². The molecule has 0 radical (unpaired) electrons. The Hall–Kier alpha value is -4.92. The van der Waals surface area contributed by atoms with Crippen LogP contribution in [0, 0.1) is 25.7 Å². The minimum Gasteiger partial charge on any atom is -0.274 e. The highest BCUT2D eigenvalue weighted by molar-refractivity contribution is 6.26. The van der Waals surface area contributed by atoms with Crippen LogP contribution in [-0.2, 0) is 19.2 Å². The van der Waals surface area contributed by atoms with Crippen molar-refractivity contribution >= 4 is 35.0 Å². The van der Waals surface area contributed by atoms with Crippen molar-refractivity contribution in [2.75, 3.05) is 9.80 Å². The quantitative estimate of drug-likeness (QED) is 0.323. The predicted octanol–water partition coefficient (Wildman–Crippen LogP) is 4.75. The van der Waals surface area contributed by atoms with Crippen LogP contribution in [0.3, 0.4) is 0 Å². The van der Waals surface area contributed by atoms with E-state index >= 15 is 0 Å². The molecule has 4 aromatic rings. The first kappa shape index (κ1) is 26.7. The van der Waals surface area contributed by atoms with Gasteiger partial charge in [-0.1, -0.05) is 97.1 Å². The Balaban J connectivity index is 1.34. The number of hydrogen-bond acceptors (Lipinski definition) is 6. The molecule has 8 nitrogen and oxygen atoms in total. The minimum absolute atomic E-state index is 0.298. The molecule has 0 unspecified atom stereocenters. The molecule has 6 atom stereocenters. The van der Waals surface area contributed by atoms with E-state index in [1.54, 1.807) is 12.1 Å². The van der Waals surface area contributed by atoms with Crippen molar-refractivity contribution in [3.05, 3.63) is 131 Å². The highest BCUT2D eigenvalue weighted by Gasteiger charge is 2.73. The summed E-state index contributed by atoms with van der Waals surface area (Å²) in [5, 5.41) is 3.83. The number of hydrazine groups is 1. The van der Waals surface area contributed by atoms with E-state index in [0.717, 1.165) is 22.3 Å². The first-order valence-corrected chi connectivity index (χ1v) is 14.9. The lowest BCUT2D eigenvalue weighted by Crippen LogP contribution is -2.50. The van der Waals surface area contributed by atoms with Gasteiger partial charge in [-0.3, -0.25) is 19.2 Å². The summed E-state index contributed by atoms with van der Waals surface area (Å²) in [6.45, 7) is 3.77. The van der Waals surface area contributed by atoms with Gasteiger partial charge in [0.2, 0.25) is 11.8 Å². The summed E-state index contributed by atoms with van der Waals surface area (Å²) in [4.78, 5) is 60.6. The Morgan fingerprint density at radius 2 is 0.750 bits per heavy atom. The zero-order valence-corrected chi connectivity index (χ0v) is 24.3. The Bertz CT molecular complexity index is 1710. The Morgan fingerprint density at radius 1 is 0.409 bits per heavy atom. The van der Waals surface area contributed by atoms with Gasteiger partial charge >= 0.3 is 0 Å². The fraction of sp³-hybridized carbons (Fsp3) is 0.222. The number of carbonyl (C=O) groups excluding carboxylic acids is 4. The largest absolute Gasteiger partial charge is 0.274 e. The van der Waals surface area contributed by atoms with Crippen LogP contribution in [0.5, 0.6) is 0 Å². The molecule has 8 heteroatoms. The molecule has 4 aliphatic heterocycles. The zero-order valence-electron chi connectivity index (χ0n) is 24.3. The van der Waals surface area contributed by atoms with Crippen LogP contribution in [0.1, 0.15) is 34.3 Å². The Kier molecular flexibility index (Phi) is 5.95. The second-order valence-corrected chi connectivity index (χ2v) is 12.0. The Labute approximate surface area is 255 Å². The first-order chi connectivity index (χ1) is 21.4. The molecule has 0 saturated carbocycles. The van der Waals surface area contributed by atoms with E-state index in [1.807, 2.05) is 121 Å². The molecule has 4 saturated heterocycles. The van der Waals surface area contributed by atoms with Crippen molar-refractivity contribution in [2.45, 2.75) is 38.0 Å². The van der Waals surface area contributed by atoms with Gasteiger partial charge in [-0.15, -0.1) is 0 Å². The van der Waals surface area contributed by atoms with E-state index < -0.39 is 36.0 Å². The van der Waals surface area contributed by atoms with Gasteiger partial charge < -0.3 is 0 Å². The highest BCUT2D eigenvalue weighted by Crippen LogP contribution is 2.59. The number of imide groups is 2. The topological polar surface area (TPSA) is 81.2 Å². The second kappa shape index (κ2) is 9.80. The van der Waals surface area contributed by atoms with Crippen LogP contribution in [0.15, 0.2) is 109 Å². The van der Waals surface area contributed by atoms with Crippen molar-refractivity contribution < 1.29 is 19.2 Å². The number of nitrogens with zero attached hydrogens (tertiary/aromatic N) is 4. The SMILES string of the molecule is Cc1ccccc1N1C(=O)[C@@H]2[C@@H](C1=O)N1[C@H](c3ccccc3)[C@@H]3C(=O)N(c4ccccc4C)C(=O)[C@@H]3N1[C@@H]2c1ccccc1. The third-order valence-electron chi connectivity index (χ3n) is 9.72. The van der Waals surface area contributed by atoms with Crippen LogP contribution in [0.4, 0.5) is 11.4 Å². The molecule has 218 valence electrons. The minimum atomic E-state index is -0.879. The van der Waals surface area contributed by atoms with Crippen molar-refractivity contribution in [1.29, 1.82) is 0 Å². The number of hydrogen-bond donors (Lipinski definition) is 0. The molecule has 0 bridgehead atoms. The smallest absolute Gasteiger partial charge is 0.253 e. The normalized spacial score (nSPS) is 28.1. The summed E-state index contributed by atoms with van der Waals surface area (Å²) < 4.78 is 0. The molecule has 4 fully saturated rings. The standard InChI is InChI=1S/C36H30N4O4/c1-21-13-9-11-19-25(21)37-33(41)27-29(23-15-5-3-6-16-23)40-32-28(34(42)38(36(32)44)26-20-12-10-14-22(26)2)30(24-17-7-4-8-18-24)39(40)31(27)35(37)43/h3-20,27-32H,1-2H3/t27-,28-,29+,30+,31-,32+/m0/s1. The summed E-state index contributed by atoms with van der Waals surface area (Å²) in [5.74, 6) is -2.82. The monoisotopic (exact) mass is 582 g/mol. The number of carbonyl (C=O) groups is 4. The lowest BCUT2D eigenvalue weighted by atomic mass is 9.84. The number of aryl methyl sites for hydroxylation is 2. The van der Waals surface area contributed by atoms with Gasteiger partial charge in [0.15, 0.2) is 0 Å². The van der Waals surface area contributed by atoms with Crippen molar-refractivity contribution in [3.8, 4) is 0 Å². The molecule has 44 heavy (non-hydrogen) atoms. The number of anilines is 2. The van der Waals surface area contributed by atoms with Crippen LogP contribution in [-0.4, -0.2) is 45.7 Å². The molecule has 4 heterocycles. The average Bonchev–Trinajstić information content (AvgIpc) is 3.70. The molecule has 4 amide bonds.